The van der Waals surface area contributed by atoms with Crippen molar-refractivity contribution in [3.8, 4) is 5.75 Å². The zero-order chi connectivity index (χ0) is 16.9. The summed E-state index contributed by atoms with van der Waals surface area (Å²) in [6.07, 6.45) is 10.3. The Labute approximate surface area is 143 Å². The van der Waals surface area contributed by atoms with Crippen LogP contribution in [0.15, 0.2) is 55.1 Å². The second-order valence-electron chi connectivity index (χ2n) is 6.58. The van der Waals surface area contributed by atoms with Crippen molar-refractivity contribution >= 4 is 10.8 Å². The summed E-state index contributed by atoms with van der Waals surface area (Å²) < 4.78 is 20.6. The molecular weight excluding hydrogens is 299 g/mol. The average molecular weight is 324 g/mol. The average Bonchev–Trinajstić information content (AvgIpc) is 2.62. The SMILES string of the molecule is C=CC1CCC(c2ccc3cc(OCC=CC)ccc3c2F)CC1. The van der Waals surface area contributed by atoms with Gasteiger partial charge in [0.1, 0.15) is 18.2 Å². The van der Waals surface area contributed by atoms with Crippen LogP contribution in [0.2, 0.25) is 0 Å². The molecule has 2 aromatic carbocycles. The monoisotopic (exact) mass is 324 g/mol. The first-order valence-corrected chi connectivity index (χ1v) is 8.81. The van der Waals surface area contributed by atoms with Crippen LogP contribution < -0.4 is 4.74 Å². The molecule has 1 nitrogen and oxygen atoms in total. The normalized spacial score (nSPS) is 21.2. The molecule has 1 aliphatic carbocycles. The Hall–Kier alpha value is -2.09. The van der Waals surface area contributed by atoms with Crippen LogP contribution in [0.4, 0.5) is 4.39 Å². The molecule has 0 atom stereocenters. The first-order chi connectivity index (χ1) is 11.7. The molecule has 0 saturated heterocycles. The number of ether oxygens (including phenoxy) is 1. The van der Waals surface area contributed by atoms with Crippen molar-refractivity contribution in [1.82, 2.24) is 0 Å². The second kappa shape index (κ2) is 7.65. The molecule has 0 unspecified atom stereocenters. The highest BCUT2D eigenvalue weighted by Gasteiger charge is 2.23. The minimum Gasteiger partial charge on any atom is -0.490 e. The third kappa shape index (κ3) is 3.53. The largest absolute Gasteiger partial charge is 0.490 e. The summed E-state index contributed by atoms with van der Waals surface area (Å²) >= 11 is 0. The standard InChI is InChI=1S/C22H25FO/c1-3-5-14-24-19-11-13-21-18(15-19)10-12-20(22(21)23)17-8-6-16(4-2)7-9-17/h3-5,10-13,15-17H,2,6-9,14H2,1H3. The van der Waals surface area contributed by atoms with E-state index in [0.717, 1.165) is 42.4 Å². The Balaban J connectivity index is 1.83. The Morgan fingerprint density at radius 3 is 2.67 bits per heavy atom. The first-order valence-electron chi connectivity index (χ1n) is 8.81. The van der Waals surface area contributed by atoms with Gasteiger partial charge in [-0.1, -0.05) is 30.4 Å². The third-order valence-corrected chi connectivity index (χ3v) is 5.08. The van der Waals surface area contributed by atoms with Crippen LogP contribution in [0, 0.1) is 11.7 Å². The van der Waals surface area contributed by atoms with Crippen molar-refractivity contribution in [2.75, 3.05) is 6.61 Å². The van der Waals surface area contributed by atoms with Gasteiger partial charge in [-0.3, -0.25) is 0 Å². The summed E-state index contributed by atoms with van der Waals surface area (Å²) in [6.45, 7) is 6.38. The molecule has 0 amide bonds. The van der Waals surface area contributed by atoms with Crippen LogP contribution in [-0.2, 0) is 0 Å². The number of allylic oxidation sites excluding steroid dienone is 2. The smallest absolute Gasteiger partial charge is 0.134 e. The van der Waals surface area contributed by atoms with Crippen LogP contribution in [0.5, 0.6) is 5.75 Å². The third-order valence-electron chi connectivity index (χ3n) is 5.08. The van der Waals surface area contributed by atoms with E-state index >= 15 is 0 Å². The molecule has 3 rings (SSSR count). The highest BCUT2D eigenvalue weighted by Crippen LogP contribution is 2.39. The number of halogens is 1. The number of benzene rings is 2. The summed E-state index contributed by atoms with van der Waals surface area (Å²) in [5.74, 6) is 1.65. The van der Waals surface area contributed by atoms with Gasteiger partial charge in [-0.15, -0.1) is 6.58 Å². The molecule has 126 valence electrons. The van der Waals surface area contributed by atoms with Crippen molar-refractivity contribution in [2.24, 2.45) is 5.92 Å². The van der Waals surface area contributed by atoms with Gasteiger partial charge >= 0.3 is 0 Å². The first kappa shape index (κ1) is 16.8. The van der Waals surface area contributed by atoms with Crippen molar-refractivity contribution in [1.29, 1.82) is 0 Å². The maximum absolute atomic E-state index is 15.0. The molecule has 0 bridgehead atoms. The molecule has 2 heteroatoms. The van der Waals surface area contributed by atoms with Crippen molar-refractivity contribution in [3.05, 3.63) is 66.5 Å². The molecule has 1 saturated carbocycles. The van der Waals surface area contributed by atoms with E-state index in [1.165, 1.54) is 0 Å². The molecular formula is C22H25FO. The van der Waals surface area contributed by atoms with E-state index in [4.69, 9.17) is 4.74 Å². The molecule has 1 aliphatic rings. The fourth-order valence-electron chi connectivity index (χ4n) is 3.60. The Bertz CT molecular complexity index is 739. The van der Waals surface area contributed by atoms with Gasteiger partial charge in [0.15, 0.2) is 0 Å². The van der Waals surface area contributed by atoms with Crippen molar-refractivity contribution < 1.29 is 9.13 Å². The predicted molar refractivity (Wildman–Crippen MR) is 99.1 cm³/mol. The van der Waals surface area contributed by atoms with Gasteiger partial charge in [-0.05, 0) is 73.6 Å². The van der Waals surface area contributed by atoms with E-state index in [9.17, 15) is 4.39 Å². The van der Waals surface area contributed by atoms with Crippen molar-refractivity contribution in [2.45, 2.75) is 38.5 Å². The van der Waals surface area contributed by atoms with Crippen LogP contribution in [0.25, 0.3) is 10.8 Å². The lowest BCUT2D eigenvalue weighted by molar-refractivity contribution is 0.363. The van der Waals surface area contributed by atoms with Gasteiger partial charge in [0.25, 0.3) is 0 Å². The molecule has 24 heavy (non-hydrogen) atoms. The molecule has 0 spiro atoms. The van der Waals surface area contributed by atoms with E-state index in [-0.39, 0.29) is 5.82 Å². The van der Waals surface area contributed by atoms with Crippen LogP contribution in [-0.4, -0.2) is 6.61 Å². The summed E-state index contributed by atoms with van der Waals surface area (Å²) in [4.78, 5) is 0. The highest BCUT2D eigenvalue weighted by molar-refractivity contribution is 5.85. The van der Waals surface area contributed by atoms with Gasteiger partial charge in [-0.2, -0.15) is 0 Å². The molecule has 0 N–H and O–H groups in total. The van der Waals surface area contributed by atoms with Gasteiger partial charge in [0, 0.05) is 5.39 Å². The number of fused-ring (bicyclic) bond motifs is 1. The lowest BCUT2D eigenvalue weighted by atomic mass is 9.78. The fourth-order valence-corrected chi connectivity index (χ4v) is 3.60. The fraction of sp³-hybridized carbons (Fsp3) is 0.364. The van der Waals surface area contributed by atoms with Crippen molar-refractivity contribution in [3.63, 3.8) is 0 Å². The zero-order valence-corrected chi connectivity index (χ0v) is 14.3. The van der Waals surface area contributed by atoms with E-state index in [2.05, 4.69) is 6.58 Å². The van der Waals surface area contributed by atoms with Gasteiger partial charge < -0.3 is 4.74 Å². The predicted octanol–water partition coefficient (Wildman–Crippen LogP) is 6.39. The van der Waals surface area contributed by atoms with Gasteiger partial charge in [0.05, 0.1) is 0 Å². The highest BCUT2D eigenvalue weighted by atomic mass is 19.1. The molecule has 1 fully saturated rings. The molecule has 0 heterocycles. The second-order valence-corrected chi connectivity index (χ2v) is 6.58. The van der Waals surface area contributed by atoms with Crippen LogP contribution >= 0.6 is 0 Å². The number of rotatable bonds is 5. The van der Waals surface area contributed by atoms with E-state index < -0.39 is 0 Å². The molecule has 0 aromatic heterocycles. The lowest BCUT2D eigenvalue weighted by Gasteiger charge is -2.27. The number of hydrogen-bond donors (Lipinski definition) is 0. The maximum atomic E-state index is 15.0. The minimum absolute atomic E-state index is 0.0606. The Kier molecular flexibility index (Phi) is 5.34. The minimum atomic E-state index is -0.0606. The molecule has 2 aromatic rings. The van der Waals surface area contributed by atoms with E-state index in [1.54, 1.807) is 0 Å². The summed E-state index contributed by atoms with van der Waals surface area (Å²) in [7, 11) is 0. The maximum Gasteiger partial charge on any atom is 0.134 e. The molecule has 0 radical (unpaired) electrons. The van der Waals surface area contributed by atoms with Crippen LogP contribution in [0.1, 0.15) is 44.1 Å². The zero-order valence-electron chi connectivity index (χ0n) is 14.3. The van der Waals surface area contributed by atoms with Crippen LogP contribution in [0.3, 0.4) is 0 Å². The van der Waals surface area contributed by atoms with E-state index in [0.29, 0.717) is 23.8 Å². The number of hydrogen-bond acceptors (Lipinski definition) is 1. The molecule has 0 aliphatic heterocycles. The summed E-state index contributed by atoms with van der Waals surface area (Å²) in [6, 6.07) is 9.60. The topological polar surface area (TPSA) is 9.23 Å². The summed E-state index contributed by atoms with van der Waals surface area (Å²) in [5, 5.41) is 1.59. The Morgan fingerprint density at radius 1 is 1.17 bits per heavy atom. The Morgan fingerprint density at radius 2 is 1.96 bits per heavy atom. The lowest BCUT2D eigenvalue weighted by Crippen LogP contribution is -2.12. The quantitative estimate of drug-likeness (QED) is 0.579. The van der Waals surface area contributed by atoms with Gasteiger partial charge in [0.2, 0.25) is 0 Å². The van der Waals surface area contributed by atoms with Gasteiger partial charge in [-0.25, -0.2) is 4.39 Å². The van der Waals surface area contributed by atoms with E-state index in [1.807, 2.05) is 55.5 Å². The summed E-state index contributed by atoms with van der Waals surface area (Å²) in [5.41, 5.74) is 0.868.